The van der Waals surface area contributed by atoms with Gasteiger partial charge in [0.15, 0.2) is 5.11 Å². The molecular weight excluding hydrogens is 335 g/mol. The number of benzene rings is 1. The Hall–Kier alpha value is -2.81. The van der Waals surface area contributed by atoms with E-state index in [4.69, 9.17) is 12.2 Å². The number of H-pyrrole nitrogens is 2. The molecule has 9 heteroatoms. The van der Waals surface area contributed by atoms with Gasteiger partial charge in [0.05, 0.1) is 0 Å². The zero-order valence-electron chi connectivity index (χ0n) is 12.5. The van der Waals surface area contributed by atoms with Crippen LogP contribution in [0.1, 0.15) is 22.7 Å². The number of carbonyl (C=O) groups excluding carboxylic acids is 2. The molecule has 1 saturated heterocycles. The van der Waals surface area contributed by atoms with Gasteiger partial charge < -0.3 is 15.7 Å². The maximum atomic E-state index is 13.2. The summed E-state index contributed by atoms with van der Waals surface area (Å²) in [5.41, 5.74) is 0.746. The molecule has 0 spiro atoms. The minimum atomic E-state index is -1.21. The van der Waals surface area contributed by atoms with Crippen LogP contribution in [0.2, 0.25) is 0 Å². The van der Waals surface area contributed by atoms with E-state index in [1.54, 1.807) is 6.92 Å². The largest absolute Gasteiger partial charge is 0.302 e. The third-order valence-corrected chi connectivity index (χ3v) is 4.13. The summed E-state index contributed by atoms with van der Waals surface area (Å²) in [7, 11) is 0. The van der Waals surface area contributed by atoms with Gasteiger partial charge in [-0.3, -0.25) is 19.5 Å². The van der Waals surface area contributed by atoms with E-state index in [-0.39, 0.29) is 10.7 Å². The molecule has 1 aromatic heterocycles. The van der Waals surface area contributed by atoms with E-state index in [0.29, 0.717) is 11.3 Å². The van der Waals surface area contributed by atoms with Crippen molar-refractivity contribution in [2.45, 2.75) is 12.8 Å². The van der Waals surface area contributed by atoms with Gasteiger partial charge in [-0.25, -0.2) is 4.39 Å². The molecule has 1 aliphatic heterocycles. The summed E-state index contributed by atoms with van der Waals surface area (Å²) in [5, 5.41) is 9.80. The molecule has 7 nitrogen and oxygen atoms in total. The van der Waals surface area contributed by atoms with Crippen LogP contribution in [0, 0.1) is 18.7 Å². The summed E-state index contributed by atoms with van der Waals surface area (Å²) in [6, 6.07) is 5.31. The summed E-state index contributed by atoms with van der Waals surface area (Å²) in [6.45, 7) is 1.65. The molecule has 1 aromatic carbocycles. The average molecular weight is 348 g/mol. The second-order valence-corrected chi connectivity index (χ2v) is 5.84. The highest BCUT2D eigenvalue weighted by Crippen LogP contribution is 2.33. The Morgan fingerprint density at radius 2 is 1.62 bits per heavy atom. The molecule has 1 atom stereocenters. The fraction of sp³-hybridized carbons (Fsp3) is 0.200. The number of rotatable bonds is 3. The van der Waals surface area contributed by atoms with Crippen molar-refractivity contribution in [2.75, 3.05) is 0 Å². The van der Waals surface area contributed by atoms with Crippen molar-refractivity contribution in [3.8, 4) is 0 Å². The van der Waals surface area contributed by atoms with E-state index in [1.807, 2.05) is 0 Å². The molecular formula is C15H13FN4O3S. The van der Waals surface area contributed by atoms with E-state index in [0.717, 1.165) is 0 Å². The van der Waals surface area contributed by atoms with Gasteiger partial charge in [0.2, 0.25) is 11.8 Å². The molecule has 3 rings (SSSR count). The summed E-state index contributed by atoms with van der Waals surface area (Å²) < 4.78 is 13.2. The quantitative estimate of drug-likeness (QED) is 0.477. The lowest BCUT2D eigenvalue weighted by Crippen LogP contribution is -2.57. The molecule has 2 amide bonds. The number of aryl methyl sites for hydroxylation is 1. The van der Waals surface area contributed by atoms with Crippen LogP contribution in [0.15, 0.2) is 29.1 Å². The van der Waals surface area contributed by atoms with Crippen molar-refractivity contribution in [1.82, 2.24) is 20.8 Å². The highest BCUT2D eigenvalue weighted by atomic mass is 32.1. The standard InChI is InChI=1S/C15H13FN4O3S/c1-6-9(14(23)20-19-6)10(7-2-4-8(16)5-3-7)11-12(21)17-15(24)18-13(11)22/h2-5,10-11H,1H3,(H2,19,20,23)(H2,17,18,21,22,24). The van der Waals surface area contributed by atoms with Gasteiger partial charge in [0, 0.05) is 17.2 Å². The third-order valence-electron chi connectivity index (χ3n) is 3.92. The van der Waals surface area contributed by atoms with Crippen molar-refractivity contribution in [1.29, 1.82) is 0 Å². The minimum absolute atomic E-state index is 0.0844. The second kappa shape index (κ2) is 6.00. The molecule has 0 bridgehead atoms. The maximum Gasteiger partial charge on any atom is 0.267 e. The first-order valence-corrected chi connectivity index (χ1v) is 7.47. The molecule has 0 saturated carbocycles. The highest BCUT2D eigenvalue weighted by molar-refractivity contribution is 7.80. The number of hydrogen-bond donors (Lipinski definition) is 4. The number of hydrogen-bond acceptors (Lipinski definition) is 4. The fourth-order valence-electron chi connectivity index (χ4n) is 2.86. The molecule has 1 aliphatic rings. The van der Waals surface area contributed by atoms with Crippen LogP contribution in [0.25, 0.3) is 0 Å². The lowest BCUT2D eigenvalue weighted by molar-refractivity contribution is -0.135. The van der Waals surface area contributed by atoms with Crippen molar-refractivity contribution < 1.29 is 14.0 Å². The smallest absolute Gasteiger partial charge is 0.267 e. The van der Waals surface area contributed by atoms with Gasteiger partial charge >= 0.3 is 0 Å². The summed E-state index contributed by atoms with van der Waals surface area (Å²) >= 11 is 4.80. The number of amides is 2. The zero-order chi connectivity index (χ0) is 17.4. The van der Waals surface area contributed by atoms with Gasteiger partial charge in [-0.2, -0.15) is 0 Å². The van der Waals surface area contributed by atoms with Crippen molar-refractivity contribution in [2.24, 2.45) is 5.92 Å². The maximum absolute atomic E-state index is 13.2. The van der Waals surface area contributed by atoms with Gasteiger partial charge in [-0.15, -0.1) is 0 Å². The highest BCUT2D eigenvalue weighted by Gasteiger charge is 2.42. The first-order chi connectivity index (χ1) is 11.4. The van der Waals surface area contributed by atoms with Crippen molar-refractivity contribution >= 4 is 29.1 Å². The van der Waals surface area contributed by atoms with E-state index in [9.17, 15) is 18.8 Å². The average Bonchev–Trinajstić information content (AvgIpc) is 2.83. The predicted octanol–water partition coefficient (Wildman–Crippen LogP) is 0.430. The Morgan fingerprint density at radius 3 is 2.12 bits per heavy atom. The van der Waals surface area contributed by atoms with E-state index >= 15 is 0 Å². The molecule has 0 radical (unpaired) electrons. The SMILES string of the molecule is Cc1[nH][nH]c(=O)c1C(c1ccc(F)cc1)C1C(=O)NC(=S)NC1=O. The predicted molar refractivity (Wildman–Crippen MR) is 86.8 cm³/mol. The Morgan fingerprint density at radius 1 is 1.04 bits per heavy atom. The number of nitrogens with one attached hydrogen (secondary N) is 4. The Kier molecular flexibility index (Phi) is 4.02. The van der Waals surface area contributed by atoms with Crippen molar-refractivity contribution in [3.05, 3.63) is 57.3 Å². The Balaban J connectivity index is 2.17. The van der Waals surface area contributed by atoms with Crippen LogP contribution in [0.5, 0.6) is 0 Å². The van der Waals surface area contributed by atoms with Crippen molar-refractivity contribution in [3.63, 3.8) is 0 Å². The molecule has 1 unspecified atom stereocenters. The summed E-state index contributed by atoms with van der Waals surface area (Å²) in [4.78, 5) is 36.9. The minimum Gasteiger partial charge on any atom is -0.302 e. The lowest BCUT2D eigenvalue weighted by atomic mass is 9.79. The van der Waals surface area contributed by atoms with Gasteiger partial charge in [0.1, 0.15) is 11.7 Å². The number of aromatic amines is 2. The first-order valence-electron chi connectivity index (χ1n) is 7.06. The van der Waals surface area contributed by atoms with Crippen LogP contribution in [0.3, 0.4) is 0 Å². The number of thiocarbonyl (C=S) groups is 1. The van der Waals surface area contributed by atoms with E-state index in [1.165, 1.54) is 24.3 Å². The number of carbonyl (C=O) groups is 2. The normalized spacial score (nSPS) is 16.7. The van der Waals surface area contributed by atoms with Crippen LogP contribution >= 0.6 is 12.2 Å². The van der Waals surface area contributed by atoms with Crippen LogP contribution < -0.4 is 16.2 Å². The lowest BCUT2D eigenvalue weighted by Gasteiger charge is -2.29. The van der Waals surface area contributed by atoms with Crippen LogP contribution in [0.4, 0.5) is 4.39 Å². The summed E-state index contributed by atoms with van der Waals surface area (Å²) in [5.74, 6) is -3.78. The van der Waals surface area contributed by atoms with Crippen LogP contribution in [-0.4, -0.2) is 27.1 Å². The second-order valence-electron chi connectivity index (χ2n) is 5.43. The topological polar surface area (TPSA) is 107 Å². The molecule has 4 N–H and O–H groups in total. The van der Waals surface area contributed by atoms with Crippen LogP contribution in [-0.2, 0) is 9.59 Å². The Bertz CT molecular complexity index is 867. The number of aromatic nitrogens is 2. The van der Waals surface area contributed by atoms with E-state index in [2.05, 4.69) is 20.8 Å². The Labute approximate surface area is 140 Å². The molecule has 124 valence electrons. The van der Waals surface area contributed by atoms with Gasteiger partial charge in [-0.05, 0) is 36.8 Å². The molecule has 0 aliphatic carbocycles. The molecule has 1 fully saturated rings. The number of halogens is 1. The monoisotopic (exact) mass is 348 g/mol. The van der Waals surface area contributed by atoms with Gasteiger partial charge in [-0.1, -0.05) is 12.1 Å². The fourth-order valence-corrected chi connectivity index (χ4v) is 3.06. The molecule has 24 heavy (non-hydrogen) atoms. The van der Waals surface area contributed by atoms with E-state index < -0.39 is 35.0 Å². The molecule has 2 heterocycles. The third kappa shape index (κ3) is 2.73. The summed E-state index contributed by atoms with van der Waals surface area (Å²) in [6.07, 6.45) is 0. The zero-order valence-corrected chi connectivity index (χ0v) is 13.3. The molecule has 2 aromatic rings. The first kappa shape index (κ1) is 16.1. The van der Waals surface area contributed by atoms with Gasteiger partial charge in [0.25, 0.3) is 5.56 Å².